The molecule has 1 atom stereocenters. The Morgan fingerprint density at radius 1 is 1.67 bits per heavy atom. The summed E-state index contributed by atoms with van der Waals surface area (Å²) in [6.07, 6.45) is 4.98. The summed E-state index contributed by atoms with van der Waals surface area (Å²) in [5, 5.41) is 2.79. The van der Waals surface area contributed by atoms with E-state index in [1.54, 1.807) is 12.4 Å². The molecule has 3 N–H and O–H groups in total. The van der Waals surface area contributed by atoms with E-state index in [2.05, 4.69) is 10.3 Å². The Labute approximate surface area is 89.9 Å². The van der Waals surface area contributed by atoms with Crippen molar-refractivity contribution in [3.8, 4) is 0 Å². The second-order valence-electron chi connectivity index (χ2n) is 3.42. The van der Waals surface area contributed by atoms with E-state index in [-0.39, 0.29) is 11.9 Å². The number of rotatable bonds is 5. The number of nitrogens with two attached hydrogens (primary N) is 1. The van der Waals surface area contributed by atoms with Gasteiger partial charge in [-0.2, -0.15) is 0 Å². The summed E-state index contributed by atoms with van der Waals surface area (Å²) in [6, 6.07) is 3.48. The van der Waals surface area contributed by atoms with E-state index in [0.717, 1.165) is 12.0 Å². The first-order chi connectivity index (χ1) is 7.24. The molecule has 0 aromatic carbocycles. The van der Waals surface area contributed by atoms with E-state index in [9.17, 15) is 4.79 Å². The maximum Gasteiger partial charge on any atom is 0.236 e. The van der Waals surface area contributed by atoms with Gasteiger partial charge in [-0.05, 0) is 24.5 Å². The summed E-state index contributed by atoms with van der Waals surface area (Å²) in [4.78, 5) is 15.3. The molecule has 0 fully saturated rings. The number of hydrogen-bond donors (Lipinski definition) is 2. The van der Waals surface area contributed by atoms with Crippen LogP contribution >= 0.6 is 0 Å². The van der Waals surface area contributed by atoms with Gasteiger partial charge in [-0.1, -0.05) is 13.0 Å². The van der Waals surface area contributed by atoms with Crippen molar-refractivity contribution in [3.05, 3.63) is 30.1 Å². The summed E-state index contributed by atoms with van der Waals surface area (Å²) in [5.41, 5.74) is 6.69. The van der Waals surface area contributed by atoms with Gasteiger partial charge in [0, 0.05) is 18.9 Å². The van der Waals surface area contributed by atoms with Crippen LogP contribution in [0.25, 0.3) is 0 Å². The maximum absolute atomic E-state index is 11.3. The number of aromatic nitrogens is 1. The predicted octanol–water partition coefficient (Wildman–Crippen LogP) is 0.478. The van der Waals surface area contributed by atoms with Gasteiger partial charge in [0.1, 0.15) is 0 Å². The normalized spacial score (nSPS) is 12.1. The number of nitrogens with zero attached hydrogens (tertiary/aromatic N) is 1. The van der Waals surface area contributed by atoms with Crippen LogP contribution in [0.2, 0.25) is 0 Å². The number of hydrogen-bond acceptors (Lipinski definition) is 3. The molecule has 0 aliphatic rings. The van der Waals surface area contributed by atoms with Crippen LogP contribution in [0.5, 0.6) is 0 Å². The molecule has 0 aliphatic heterocycles. The highest BCUT2D eigenvalue weighted by atomic mass is 16.2. The first-order valence-corrected chi connectivity index (χ1v) is 5.16. The van der Waals surface area contributed by atoms with Gasteiger partial charge >= 0.3 is 0 Å². The van der Waals surface area contributed by atoms with Gasteiger partial charge in [-0.3, -0.25) is 9.78 Å². The molecular weight excluding hydrogens is 190 g/mol. The van der Waals surface area contributed by atoms with Gasteiger partial charge < -0.3 is 11.1 Å². The van der Waals surface area contributed by atoms with Crippen LogP contribution in [0.3, 0.4) is 0 Å². The molecule has 1 rings (SSSR count). The number of pyridine rings is 1. The lowest BCUT2D eigenvalue weighted by Crippen LogP contribution is -2.40. The van der Waals surface area contributed by atoms with Gasteiger partial charge in [0.25, 0.3) is 0 Å². The van der Waals surface area contributed by atoms with Crippen molar-refractivity contribution in [2.24, 2.45) is 5.73 Å². The van der Waals surface area contributed by atoms with Crippen molar-refractivity contribution in [1.82, 2.24) is 10.3 Å². The van der Waals surface area contributed by atoms with Crippen molar-refractivity contribution in [1.29, 1.82) is 0 Å². The largest absolute Gasteiger partial charge is 0.354 e. The molecule has 1 aromatic heterocycles. The molecule has 82 valence electrons. The van der Waals surface area contributed by atoms with Gasteiger partial charge in [0.05, 0.1) is 6.04 Å². The molecule has 1 amide bonds. The highest BCUT2D eigenvalue weighted by Gasteiger charge is 2.09. The lowest BCUT2D eigenvalue weighted by Gasteiger charge is -2.09. The first kappa shape index (κ1) is 11.7. The highest BCUT2D eigenvalue weighted by Crippen LogP contribution is 1.95. The average molecular weight is 207 g/mol. The fourth-order valence-corrected chi connectivity index (χ4v) is 1.19. The molecule has 0 bridgehead atoms. The SMILES string of the molecule is CC[C@@H](N)C(=O)NCCc1cccnc1. The molecule has 4 heteroatoms. The Hall–Kier alpha value is -1.42. The summed E-state index contributed by atoms with van der Waals surface area (Å²) < 4.78 is 0. The molecule has 1 aromatic rings. The number of carbonyl (C=O) groups excluding carboxylic acids is 1. The maximum atomic E-state index is 11.3. The summed E-state index contributed by atoms with van der Waals surface area (Å²) in [6.45, 7) is 2.50. The molecule has 0 aliphatic carbocycles. The molecule has 0 unspecified atom stereocenters. The third kappa shape index (κ3) is 4.08. The summed E-state index contributed by atoms with van der Waals surface area (Å²) in [7, 11) is 0. The first-order valence-electron chi connectivity index (χ1n) is 5.16. The van der Waals surface area contributed by atoms with Gasteiger partial charge in [-0.25, -0.2) is 0 Å². The fourth-order valence-electron chi connectivity index (χ4n) is 1.19. The Kier molecular flexibility index (Phi) is 4.77. The Morgan fingerprint density at radius 2 is 2.47 bits per heavy atom. The van der Waals surface area contributed by atoms with Gasteiger partial charge in [-0.15, -0.1) is 0 Å². The lowest BCUT2D eigenvalue weighted by atomic mass is 10.2. The molecule has 4 nitrogen and oxygen atoms in total. The van der Waals surface area contributed by atoms with Crippen molar-refractivity contribution in [2.75, 3.05) is 6.54 Å². The molecule has 15 heavy (non-hydrogen) atoms. The molecular formula is C11H17N3O. The van der Waals surface area contributed by atoms with Crippen LogP contribution in [-0.4, -0.2) is 23.5 Å². The monoisotopic (exact) mass is 207 g/mol. The minimum Gasteiger partial charge on any atom is -0.354 e. The Morgan fingerprint density at radius 3 is 3.07 bits per heavy atom. The van der Waals surface area contributed by atoms with Crippen LogP contribution in [0, 0.1) is 0 Å². The zero-order valence-corrected chi connectivity index (χ0v) is 8.94. The van der Waals surface area contributed by atoms with Crippen LogP contribution in [0.15, 0.2) is 24.5 Å². The van der Waals surface area contributed by atoms with Gasteiger partial charge in [0.15, 0.2) is 0 Å². The zero-order chi connectivity index (χ0) is 11.1. The highest BCUT2D eigenvalue weighted by molar-refractivity contribution is 5.81. The van der Waals surface area contributed by atoms with Crippen molar-refractivity contribution >= 4 is 5.91 Å². The van der Waals surface area contributed by atoms with Crippen LogP contribution in [0.4, 0.5) is 0 Å². The minimum atomic E-state index is -0.390. The quantitative estimate of drug-likeness (QED) is 0.737. The van der Waals surface area contributed by atoms with Crippen molar-refractivity contribution < 1.29 is 4.79 Å². The fraction of sp³-hybridized carbons (Fsp3) is 0.455. The summed E-state index contributed by atoms with van der Waals surface area (Å²) >= 11 is 0. The molecule has 0 saturated heterocycles. The van der Waals surface area contributed by atoms with E-state index in [4.69, 9.17) is 5.73 Å². The Balaban J connectivity index is 2.25. The predicted molar refractivity (Wildman–Crippen MR) is 59.2 cm³/mol. The number of amides is 1. The van der Waals surface area contributed by atoms with Crippen molar-refractivity contribution in [2.45, 2.75) is 25.8 Å². The number of nitrogens with one attached hydrogen (secondary N) is 1. The smallest absolute Gasteiger partial charge is 0.236 e. The molecule has 0 spiro atoms. The van der Waals surface area contributed by atoms with E-state index in [1.165, 1.54) is 0 Å². The van der Waals surface area contributed by atoms with E-state index in [1.807, 2.05) is 19.1 Å². The van der Waals surface area contributed by atoms with Gasteiger partial charge in [0.2, 0.25) is 5.91 Å². The third-order valence-corrected chi connectivity index (χ3v) is 2.21. The molecule has 1 heterocycles. The van der Waals surface area contributed by atoms with E-state index in [0.29, 0.717) is 13.0 Å². The van der Waals surface area contributed by atoms with E-state index >= 15 is 0 Å². The van der Waals surface area contributed by atoms with Crippen LogP contribution in [-0.2, 0) is 11.2 Å². The summed E-state index contributed by atoms with van der Waals surface area (Å²) in [5.74, 6) is -0.0820. The van der Waals surface area contributed by atoms with E-state index < -0.39 is 0 Å². The second-order valence-corrected chi connectivity index (χ2v) is 3.42. The molecule has 0 saturated carbocycles. The van der Waals surface area contributed by atoms with Crippen LogP contribution in [0.1, 0.15) is 18.9 Å². The molecule has 0 radical (unpaired) electrons. The zero-order valence-electron chi connectivity index (χ0n) is 8.94. The van der Waals surface area contributed by atoms with Crippen LogP contribution < -0.4 is 11.1 Å². The standard InChI is InChI=1S/C11H17N3O/c1-2-10(12)11(15)14-7-5-9-4-3-6-13-8-9/h3-4,6,8,10H,2,5,7,12H2,1H3,(H,14,15)/t10-/m1/s1. The number of carbonyl (C=O) groups is 1. The van der Waals surface area contributed by atoms with Crippen molar-refractivity contribution in [3.63, 3.8) is 0 Å². The lowest BCUT2D eigenvalue weighted by molar-refractivity contribution is -0.122. The second kappa shape index (κ2) is 6.14. The Bertz CT molecular complexity index is 300. The average Bonchev–Trinajstić information content (AvgIpc) is 2.29. The third-order valence-electron chi connectivity index (χ3n) is 2.21. The minimum absolute atomic E-state index is 0.0820. The topological polar surface area (TPSA) is 68.0 Å².